The number of carbonyl (C=O) groups excluding carboxylic acids is 2. The van der Waals surface area contributed by atoms with Gasteiger partial charge in [0.15, 0.2) is 23.0 Å². The van der Waals surface area contributed by atoms with E-state index in [1.54, 1.807) is 49.6 Å². The number of Topliss-reactive ketones (excluding diaryl/α,β-unsaturated/α-hetero) is 1. The summed E-state index contributed by atoms with van der Waals surface area (Å²) in [7, 11) is 3.45. The van der Waals surface area contributed by atoms with Gasteiger partial charge in [-0.2, -0.15) is 0 Å². The van der Waals surface area contributed by atoms with Crippen LogP contribution in [0.1, 0.15) is 31.8 Å². The lowest BCUT2D eigenvalue weighted by molar-refractivity contribution is 0.0997. The van der Waals surface area contributed by atoms with Crippen LogP contribution >= 0.6 is 15.9 Å². The van der Waals surface area contributed by atoms with Crippen LogP contribution in [0.2, 0.25) is 0 Å². The lowest BCUT2D eigenvalue weighted by Gasteiger charge is -2.20. The number of anilines is 1. The maximum atomic E-state index is 13.8. The molecule has 3 aromatic carbocycles. The van der Waals surface area contributed by atoms with Crippen LogP contribution in [0.15, 0.2) is 52.6 Å². The number of hydrogen-bond acceptors (Lipinski definition) is 8. The predicted molar refractivity (Wildman–Crippen MR) is 142 cm³/mol. The highest BCUT2D eigenvalue weighted by atomic mass is 79.9. The van der Waals surface area contributed by atoms with E-state index in [1.165, 1.54) is 0 Å². The Kier molecular flexibility index (Phi) is 6.11. The Hall–Kier alpha value is -4.18. The number of rotatable bonds is 5. The summed E-state index contributed by atoms with van der Waals surface area (Å²) in [6.07, 6.45) is 2.49. The van der Waals surface area contributed by atoms with Gasteiger partial charge >= 0.3 is 0 Å². The van der Waals surface area contributed by atoms with Crippen LogP contribution in [0.3, 0.4) is 0 Å². The highest BCUT2D eigenvalue weighted by Gasteiger charge is 2.31. The van der Waals surface area contributed by atoms with Gasteiger partial charge in [0.1, 0.15) is 0 Å². The van der Waals surface area contributed by atoms with Gasteiger partial charge in [-0.15, -0.1) is 0 Å². The zero-order chi connectivity index (χ0) is 26.4. The molecule has 1 amide bonds. The summed E-state index contributed by atoms with van der Waals surface area (Å²) in [4.78, 5) is 28.6. The van der Waals surface area contributed by atoms with E-state index >= 15 is 0 Å². The van der Waals surface area contributed by atoms with Crippen molar-refractivity contribution >= 4 is 39.4 Å². The first-order valence-corrected chi connectivity index (χ1v) is 12.7. The van der Waals surface area contributed by atoms with E-state index in [-0.39, 0.29) is 25.3 Å². The van der Waals surface area contributed by atoms with Crippen molar-refractivity contribution in [2.75, 3.05) is 39.6 Å². The second-order valence-corrected chi connectivity index (χ2v) is 9.73. The molecule has 0 fully saturated rings. The van der Waals surface area contributed by atoms with E-state index in [2.05, 4.69) is 21.2 Å². The van der Waals surface area contributed by atoms with Crippen LogP contribution in [-0.4, -0.2) is 50.9 Å². The highest BCUT2D eigenvalue weighted by molar-refractivity contribution is 9.10. The van der Waals surface area contributed by atoms with Crippen LogP contribution in [0.25, 0.3) is 6.08 Å². The second-order valence-electron chi connectivity index (χ2n) is 8.94. The topological polar surface area (TPSA) is 95.6 Å². The van der Waals surface area contributed by atoms with E-state index in [4.69, 9.17) is 23.7 Å². The van der Waals surface area contributed by atoms with Gasteiger partial charge in [0.2, 0.25) is 25.1 Å². The fraction of sp³-hybridized carbons (Fsp3) is 0.214. The van der Waals surface area contributed by atoms with E-state index < -0.39 is 0 Å². The number of likely N-dealkylation sites (N-methyl/N-ethyl adjacent to an activating group) is 1. The quantitative estimate of drug-likeness (QED) is 0.428. The Balaban J connectivity index is 1.31. The summed E-state index contributed by atoms with van der Waals surface area (Å²) in [5.74, 6) is 2.27. The highest BCUT2D eigenvalue weighted by Crippen LogP contribution is 2.51. The van der Waals surface area contributed by atoms with Gasteiger partial charge in [0.05, 0.1) is 17.3 Å². The summed E-state index contributed by atoms with van der Waals surface area (Å²) in [6.45, 7) is 0.839. The number of fused-ring (bicyclic) bond motifs is 3. The van der Waals surface area contributed by atoms with Crippen molar-refractivity contribution < 1.29 is 33.3 Å². The van der Waals surface area contributed by atoms with Crippen molar-refractivity contribution in [1.29, 1.82) is 0 Å². The number of amides is 1. The molecule has 0 aliphatic carbocycles. The molecular formula is C28H23BrN2O7. The first-order chi connectivity index (χ1) is 18.4. The molecule has 3 aromatic rings. The van der Waals surface area contributed by atoms with Crippen LogP contribution in [0.4, 0.5) is 5.69 Å². The molecule has 0 spiro atoms. The molecular weight excluding hydrogens is 556 g/mol. The Morgan fingerprint density at radius 3 is 2.61 bits per heavy atom. The Bertz CT molecular complexity index is 1520. The normalized spacial score (nSPS) is 14.9. The molecule has 0 aromatic heterocycles. The number of hydrogen-bond donors (Lipinski definition) is 1. The zero-order valence-electron chi connectivity index (χ0n) is 20.6. The number of ketones is 1. The van der Waals surface area contributed by atoms with E-state index in [1.807, 2.05) is 18.0 Å². The van der Waals surface area contributed by atoms with Gasteiger partial charge in [-0.3, -0.25) is 9.59 Å². The zero-order valence-corrected chi connectivity index (χ0v) is 22.2. The second kappa shape index (κ2) is 9.60. The molecule has 6 rings (SSSR count). The van der Waals surface area contributed by atoms with E-state index in [0.29, 0.717) is 64.2 Å². The van der Waals surface area contributed by atoms with Crippen LogP contribution in [0.5, 0.6) is 28.7 Å². The Labute approximate surface area is 227 Å². The summed E-state index contributed by atoms with van der Waals surface area (Å²) in [5.41, 5.74) is 3.60. The SMILES string of the molecule is COc1c2c(c(Br)c3c1OCO3)CCN(C)C(C(=O)c1cccc(NC(=O)c3ccc4c(c3)OCO4)c1)=C2. The van der Waals surface area contributed by atoms with Crippen LogP contribution < -0.4 is 29.0 Å². The minimum absolute atomic E-state index is 0.105. The number of halogens is 1. The van der Waals surface area contributed by atoms with Crippen molar-refractivity contribution in [3.8, 4) is 28.7 Å². The van der Waals surface area contributed by atoms with Gasteiger partial charge in [0.25, 0.3) is 5.91 Å². The smallest absolute Gasteiger partial charge is 0.255 e. The fourth-order valence-electron chi connectivity index (χ4n) is 4.74. The van der Waals surface area contributed by atoms with Gasteiger partial charge in [-0.25, -0.2) is 0 Å². The number of ether oxygens (including phenoxy) is 5. The lowest BCUT2D eigenvalue weighted by Crippen LogP contribution is -2.24. The number of methoxy groups -OCH3 is 1. The molecule has 194 valence electrons. The average Bonchev–Trinajstić information content (AvgIpc) is 3.57. The molecule has 0 saturated carbocycles. The molecule has 0 atom stereocenters. The van der Waals surface area contributed by atoms with Crippen molar-refractivity contribution in [3.63, 3.8) is 0 Å². The van der Waals surface area contributed by atoms with E-state index in [9.17, 15) is 9.59 Å². The third kappa shape index (κ3) is 4.10. The van der Waals surface area contributed by atoms with Crippen LogP contribution in [-0.2, 0) is 6.42 Å². The Morgan fingerprint density at radius 1 is 0.974 bits per heavy atom. The molecule has 3 aliphatic heterocycles. The van der Waals surface area contributed by atoms with Crippen molar-refractivity contribution in [3.05, 3.63) is 74.9 Å². The number of allylic oxidation sites excluding steroid dienone is 1. The molecule has 0 bridgehead atoms. The van der Waals surface area contributed by atoms with Gasteiger partial charge in [0, 0.05) is 36.0 Å². The first-order valence-electron chi connectivity index (χ1n) is 11.9. The molecule has 1 N–H and O–H groups in total. The summed E-state index contributed by atoms with van der Waals surface area (Å²) < 4.78 is 28.5. The third-order valence-electron chi connectivity index (χ3n) is 6.70. The van der Waals surface area contributed by atoms with Crippen molar-refractivity contribution in [2.24, 2.45) is 0 Å². The molecule has 0 saturated heterocycles. The number of nitrogens with zero attached hydrogens (tertiary/aromatic N) is 1. The lowest BCUT2D eigenvalue weighted by atomic mass is 10.0. The predicted octanol–water partition coefficient (Wildman–Crippen LogP) is 4.88. The van der Waals surface area contributed by atoms with Crippen molar-refractivity contribution in [2.45, 2.75) is 6.42 Å². The molecule has 38 heavy (non-hydrogen) atoms. The molecule has 9 nitrogen and oxygen atoms in total. The molecule has 0 unspecified atom stereocenters. The standard InChI is InChI=1S/C28H23BrN2O7/c1-31-9-8-18-19(25(34-2)27-26(23(18)29)37-14-38-27)12-20(31)24(32)15-4-3-5-17(10-15)30-28(33)16-6-7-21-22(11-16)36-13-35-21/h3-7,10-12H,8-9,13-14H2,1-2H3,(H,30,33). The monoisotopic (exact) mass is 578 g/mol. The van der Waals surface area contributed by atoms with Gasteiger partial charge in [-0.05, 0) is 64.3 Å². The van der Waals surface area contributed by atoms with Gasteiger partial charge < -0.3 is 33.9 Å². The van der Waals surface area contributed by atoms with E-state index in [0.717, 1.165) is 15.6 Å². The minimum Gasteiger partial charge on any atom is -0.492 e. The molecule has 10 heteroatoms. The summed E-state index contributed by atoms with van der Waals surface area (Å²) in [6, 6.07) is 11.9. The maximum Gasteiger partial charge on any atom is 0.255 e. The summed E-state index contributed by atoms with van der Waals surface area (Å²) in [5, 5.41) is 2.86. The number of nitrogens with one attached hydrogen (secondary N) is 1. The maximum absolute atomic E-state index is 13.8. The molecule has 3 aliphatic rings. The minimum atomic E-state index is -0.321. The average molecular weight is 579 g/mol. The number of carbonyl (C=O) groups is 2. The molecule has 0 radical (unpaired) electrons. The fourth-order valence-corrected chi connectivity index (χ4v) is 5.44. The third-order valence-corrected chi connectivity index (χ3v) is 7.54. The molecule has 3 heterocycles. The van der Waals surface area contributed by atoms with Gasteiger partial charge in [-0.1, -0.05) is 12.1 Å². The first kappa shape index (κ1) is 24.2. The Morgan fingerprint density at radius 2 is 1.76 bits per heavy atom. The largest absolute Gasteiger partial charge is 0.492 e. The van der Waals surface area contributed by atoms with Crippen molar-refractivity contribution in [1.82, 2.24) is 4.90 Å². The number of benzene rings is 3. The summed E-state index contributed by atoms with van der Waals surface area (Å²) >= 11 is 3.66. The van der Waals surface area contributed by atoms with Crippen LogP contribution in [0, 0.1) is 0 Å².